The molecule has 1 N–H and O–H groups in total. The second kappa shape index (κ2) is 6.75. The Morgan fingerprint density at radius 1 is 1.20 bits per heavy atom. The molecule has 0 saturated heterocycles. The second-order valence-electron chi connectivity index (χ2n) is 5.00. The van der Waals surface area contributed by atoms with Crippen LogP contribution in [-0.4, -0.2) is 25.0 Å². The van der Waals surface area contributed by atoms with Gasteiger partial charge in [0.15, 0.2) is 0 Å². The van der Waals surface area contributed by atoms with Crippen molar-refractivity contribution in [1.29, 1.82) is 0 Å². The summed E-state index contributed by atoms with van der Waals surface area (Å²) in [4.78, 5) is 23.9. The molecule has 1 aliphatic carbocycles. The molecule has 1 amide bonds. The first-order chi connectivity index (χ1) is 9.61. The van der Waals surface area contributed by atoms with E-state index in [-0.39, 0.29) is 23.8 Å². The van der Waals surface area contributed by atoms with Crippen molar-refractivity contribution in [3.63, 3.8) is 0 Å². The number of hydrogen-bond acceptors (Lipinski definition) is 3. The smallest absolute Gasteiger partial charge is 0.310 e. The lowest BCUT2D eigenvalue weighted by molar-refractivity contribution is -0.147. The average molecular weight is 296 g/mol. The Bertz CT molecular complexity index is 486. The molecule has 5 heteroatoms. The molecule has 1 aliphatic rings. The van der Waals surface area contributed by atoms with Gasteiger partial charge >= 0.3 is 5.97 Å². The van der Waals surface area contributed by atoms with Crippen molar-refractivity contribution in [2.45, 2.75) is 31.7 Å². The summed E-state index contributed by atoms with van der Waals surface area (Å²) in [5, 5.41) is 3.53. The van der Waals surface area contributed by atoms with E-state index >= 15 is 0 Å². The van der Waals surface area contributed by atoms with Crippen molar-refractivity contribution in [3.05, 3.63) is 34.9 Å². The van der Waals surface area contributed by atoms with Crippen LogP contribution in [0.2, 0.25) is 5.02 Å². The second-order valence-corrected chi connectivity index (χ2v) is 5.44. The van der Waals surface area contributed by atoms with E-state index in [4.69, 9.17) is 16.3 Å². The van der Waals surface area contributed by atoms with Gasteiger partial charge < -0.3 is 10.1 Å². The lowest BCUT2D eigenvalue weighted by Crippen LogP contribution is -2.45. The number of nitrogens with one attached hydrogen (secondary N) is 1. The first-order valence-electron chi connectivity index (χ1n) is 6.76. The Morgan fingerprint density at radius 3 is 2.50 bits per heavy atom. The van der Waals surface area contributed by atoms with Crippen LogP contribution >= 0.6 is 11.6 Å². The molecule has 108 valence electrons. The van der Waals surface area contributed by atoms with Gasteiger partial charge in [0.25, 0.3) is 5.91 Å². The zero-order valence-electron chi connectivity index (χ0n) is 11.4. The Balaban J connectivity index is 2.04. The highest BCUT2D eigenvalue weighted by Gasteiger charge is 2.32. The van der Waals surface area contributed by atoms with Crippen LogP contribution in [0.3, 0.4) is 0 Å². The van der Waals surface area contributed by atoms with Gasteiger partial charge in [-0.3, -0.25) is 9.59 Å². The summed E-state index contributed by atoms with van der Waals surface area (Å²) in [7, 11) is 1.38. The number of methoxy groups -OCH3 is 1. The molecule has 1 fully saturated rings. The van der Waals surface area contributed by atoms with E-state index in [1.165, 1.54) is 7.11 Å². The third-order valence-corrected chi connectivity index (χ3v) is 3.94. The van der Waals surface area contributed by atoms with Crippen molar-refractivity contribution in [3.8, 4) is 0 Å². The SMILES string of the molecule is COC(=O)C1CCCC[C@@H]1NC(=O)c1ccc(Cl)cc1. The van der Waals surface area contributed by atoms with Crippen LogP contribution in [0.1, 0.15) is 36.0 Å². The van der Waals surface area contributed by atoms with Gasteiger partial charge in [-0.2, -0.15) is 0 Å². The number of carbonyl (C=O) groups excluding carboxylic acids is 2. The van der Waals surface area contributed by atoms with E-state index in [1.54, 1.807) is 24.3 Å². The normalized spacial score (nSPS) is 22.1. The van der Waals surface area contributed by atoms with Crippen LogP contribution in [-0.2, 0) is 9.53 Å². The molecular formula is C15H18ClNO3. The van der Waals surface area contributed by atoms with Gasteiger partial charge in [0.1, 0.15) is 0 Å². The van der Waals surface area contributed by atoms with Crippen LogP contribution < -0.4 is 5.32 Å². The summed E-state index contributed by atoms with van der Waals surface area (Å²) < 4.78 is 4.82. The van der Waals surface area contributed by atoms with E-state index in [2.05, 4.69) is 5.32 Å². The predicted octanol–water partition coefficient (Wildman–Crippen LogP) is 2.80. The highest BCUT2D eigenvalue weighted by atomic mass is 35.5. The Kier molecular flexibility index (Phi) is 5.01. The molecule has 0 radical (unpaired) electrons. The summed E-state index contributed by atoms with van der Waals surface area (Å²) in [5.41, 5.74) is 0.545. The maximum absolute atomic E-state index is 12.2. The fraction of sp³-hybridized carbons (Fsp3) is 0.467. The van der Waals surface area contributed by atoms with Gasteiger partial charge in [-0.25, -0.2) is 0 Å². The molecule has 0 spiro atoms. The summed E-state index contributed by atoms with van der Waals surface area (Å²) in [5.74, 6) is -0.668. The van der Waals surface area contributed by atoms with E-state index in [0.29, 0.717) is 10.6 Å². The molecular weight excluding hydrogens is 278 g/mol. The molecule has 0 aliphatic heterocycles. The van der Waals surface area contributed by atoms with Gasteiger partial charge in [-0.05, 0) is 37.1 Å². The first kappa shape index (κ1) is 14.9. The van der Waals surface area contributed by atoms with Gasteiger partial charge in [0.2, 0.25) is 0 Å². The third kappa shape index (κ3) is 3.51. The largest absolute Gasteiger partial charge is 0.469 e. The molecule has 20 heavy (non-hydrogen) atoms. The number of rotatable bonds is 3. The molecule has 1 unspecified atom stereocenters. The average Bonchev–Trinajstić information content (AvgIpc) is 2.47. The number of benzene rings is 1. The standard InChI is InChI=1S/C15H18ClNO3/c1-20-15(19)12-4-2-3-5-13(12)17-14(18)10-6-8-11(16)9-7-10/h6-9,12-13H,2-5H2,1H3,(H,17,18)/t12?,13-/m0/s1. The highest BCUT2D eigenvalue weighted by molar-refractivity contribution is 6.30. The fourth-order valence-corrected chi connectivity index (χ4v) is 2.72. The van der Waals surface area contributed by atoms with Crippen LogP contribution in [0.5, 0.6) is 0 Å². The zero-order valence-corrected chi connectivity index (χ0v) is 12.2. The maximum atomic E-state index is 12.2. The highest BCUT2D eigenvalue weighted by Crippen LogP contribution is 2.25. The molecule has 1 aromatic carbocycles. The van der Waals surface area contributed by atoms with Gasteiger partial charge in [-0.15, -0.1) is 0 Å². The summed E-state index contributed by atoms with van der Waals surface area (Å²) >= 11 is 5.80. The summed E-state index contributed by atoms with van der Waals surface area (Å²) in [6.45, 7) is 0. The fourth-order valence-electron chi connectivity index (χ4n) is 2.59. The number of amides is 1. The van der Waals surface area contributed by atoms with Crippen molar-refractivity contribution >= 4 is 23.5 Å². The van der Waals surface area contributed by atoms with Crippen molar-refractivity contribution < 1.29 is 14.3 Å². The molecule has 4 nitrogen and oxygen atoms in total. The number of hydrogen-bond donors (Lipinski definition) is 1. The quantitative estimate of drug-likeness (QED) is 0.873. The minimum atomic E-state index is -0.245. The number of halogens is 1. The zero-order chi connectivity index (χ0) is 14.5. The van der Waals surface area contributed by atoms with Crippen molar-refractivity contribution in [1.82, 2.24) is 5.32 Å². The van der Waals surface area contributed by atoms with Crippen molar-refractivity contribution in [2.75, 3.05) is 7.11 Å². The molecule has 0 aromatic heterocycles. The van der Waals surface area contributed by atoms with E-state index in [1.807, 2.05) is 0 Å². The molecule has 1 aromatic rings. The lowest BCUT2D eigenvalue weighted by Gasteiger charge is -2.30. The number of esters is 1. The first-order valence-corrected chi connectivity index (χ1v) is 7.14. The van der Waals surface area contributed by atoms with E-state index in [9.17, 15) is 9.59 Å². The van der Waals surface area contributed by atoms with Crippen LogP contribution in [0.25, 0.3) is 0 Å². The summed E-state index contributed by atoms with van der Waals surface area (Å²) in [6, 6.07) is 6.55. The topological polar surface area (TPSA) is 55.4 Å². The van der Waals surface area contributed by atoms with E-state index in [0.717, 1.165) is 25.7 Å². The van der Waals surface area contributed by atoms with Gasteiger partial charge in [0.05, 0.1) is 13.0 Å². The molecule has 0 bridgehead atoms. The maximum Gasteiger partial charge on any atom is 0.310 e. The van der Waals surface area contributed by atoms with Crippen LogP contribution in [0, 0.1) is 5.92 Å². The Morgan fingerprint density at radius 2 is 1.85 bits per heavy atom. The van der Waals surface area contributed by atoms with Crippen LogP contribution in [0.15, 0.2) is 24.3 Å². The summed E-state index contributed by atoms with van der Waals surface area (Å²) in [6.07, 6.45) is 3.57. The van der Waals surface area contributed by atoms with Crippen molar-refractivity contribution in [2.24, 2.45) is 5.92 Å². The minimum absolute atomic E-state index is 0.153. The molecule has 2 rings (SSSR count). The lowest BCUT2D eigenvalue weighted by atomic mass is 9.84. The van der Waals surface area contributed by atoms with Gasteiger partial charge in [-0.1, -0.05) is 24.4 Å². The van der Waals surface area contributed by atoms with Crippen LogP contribution in [0.4, 0.5) is 0 Å². The van der Waals surface area contributed by atoms with E-state index < -0.39 is 0 Å². The third-order valence-electron chi connectivity index (χ3n) is 3.69. The van der Waals surface area contributed by atoms with Gasteiger partial charge in [0, 0.05) is 16.6 Å². The number of ether oxygens (including phenoxy) is 1. The Hall–Kier alpha value is -1.55. The monoisotopic (exact) mass is 295 g/mol. The minimum Gasteiger partial charge on any atom is -0.469 e. The Labute approximate surface area is 123 Å². The number of carbonyl (C=O) groups is 2. The molecule has 2 atom stereocenters. The molecule has 0 heterocycles. The molecule has 1 saturated carbocycles. The predicted molar refractivity (Wildman–Crippen MR) is 76.7 cm³/mol.